The van der Waals surface area contributed by atoms with Crippen LogP contribution in [0.1, 0.15) is 19.3 Å². The first-order valence-corrected chi connectivity index (χ1v) is 9.51. The molecule has 0 bridgehead atoms. The van der Waals surface area contributed by atoms with E-state index in [9.17, 15) is 13.6 Å². The van der Waals surface area contributed by atoms with Gasteiger partial charge in [-0.2, -0.15) is 8.78 Å². The Kier molecular flexibility index (Phi) is 5.82. The van der Waals surface area contributed by atoms with Crippen LogP contribution in [0.2, 0.25) is 0 Å². The van der Waals surface area contributed by atoms with E-state index < -0.39 is 6.61 Å². The fourth-order valence-corrected chi connectivity index (χ4v) is 3.46. The summed E-state index contributed by atoms with van der Waals surface area (Å²) in [5.41, 5.74) is 0.594. The van der Waals surface area contributed by atoms with Gasteiger partial charge >= 0.3 is 6.61 Å². The molecule has 0 aromatic carbocycles. The van der Waals surface area contributed by atoms with Gasteiger partial charge in [0.2, 0.25) is 5.88 Å². The summed E-state index contributed by atoms with van der Waals surface area (Å²) >= 11 is 0. The Hall–Kier alpha value is -3.56. The van der Waals surface area contributed by atoms with Crippen molar-refractivity contribution in [3.8, 4) is 11.6 Å². The van der Waals surface area contributed by atoms with Crippen molar-refractivity contribution in [2.75, 3.05) is 10.6 Å². The van der Waals surface area contributed by atoms with Crippen LogP contribution < -0.4 is 20.9 Å². The van der Waals surface area contributed by atoms with Crippen LogP contribution in [0.15, 0.2) is 59.9 Å². The summed E-state index contributed by atoms with van der Waals surface area (Å²) in [7, 11) is 0. The fraction of sp³-hybridized carbons (Fsp3) is 0.300. The smallest absolute Gasteiger partial charge is 0.388 e. The molecule has 8 nitrogen and oxygen atoms in total. The Bertz CT molecular complexity index is 1030. The molecule has 3 aromatic heterocycles. The maximum Gasteiger partial charge on any atom is 0.388 e. The van der Waals surface area contributed by atoms with Crippen LogP contribution in [-0.2, 0) is 0 Å². The van der Waals surface area contributed by atoms with Gasteiger partial charge in [0.25, 0.3) is 5.56 Å². The van der Waals surface area contributed by atoms with Gasteiger partial charge in [-0.05, 0) is 37.5 Å². The van der Waals surface area contributed by atoms with Crippen LogP contribution in [0.25, 0.3) is 5.69 Å². The number of pyridine rings is 2. The lowest BCUT2D eigenvalue weighted by Gasteiger charge is -2.16. The number of hydrogen-bond donors (Lipinski definition) is 2. The highest BCUT2D eigenvalue weighted by molar-refractivity contribution is 5.42. The highest BCUT2D eigenvalue weighted by Crippen LogP contribution is 2.25. The quantitative estimate of drug-likeness (QED) is 0.614. The van der Waals surface area contributed by atoms with E-state index in [2.05, 4.69) is 30.3 Å². The first kappa shape index (κ1) is 19.7. The molecule has 30 heavy (non-hydrogen) atoms. The van der Waals surface area contributed by atoms with Gasteiger partial charge in [-0.1, -0.05) is 6.07 Å². The molecule has 3 heterocycles. The molecular formula is C20H20F2N6O2. The van der Waals surface area contributed by atoms with Crippen molar-refractivity contribution in [1.29, 1.82) is 0 Å². The van der Waals surface area contributed by atoms with E-state index in [4.69, 9.17) is 0 Å². The topological polar surface area (TPSA) is 94.0 Å². The van der Waals surface area contributed by atoms with Crippen molar-refractivity contribution in [2.24, 2.45) is 0 Å². The predicted molar refractivity (Wildman–Crippen MR) is 107 cm³/mol. The van der Waals surface area contributed by atoms with Crippen molar-refractivity contribution in [3.05, 3.63) is 65.5 Å². The number of alkyl halides is 2. The molecule has 0 saturated heterocycles. The lowest BCUT2D eigenvalue weighted by molar-refractivity contribution is -0.0530. The van der Waals surface area contributed by atoms with E-state index in [-0.39, 0.29) is 23.5 Å². The molecule has 1 saturated carbocycles. The maximum atomic E-state index is 12.2. The van der Waals surface area contributed by atoms with E-state index in [0.717, 1.165) is 25.1 Å². The van der Waals surface area contributed by atoms with Crippen LogP contribution in [0, 0.1) is 0 Å². The minimum absolute atomic E-state index is 0.110. The molecule has 1 aliphatic carbocycles. The van der Waals surface area contributed by atoms with Gasteiger partial charge in [-0.25, -0.2) is 15.0 Å². The average Bonchev–Trinajstić information content (AvgIpc) is 3.17. The fourth-order valence-electron chi connectivity index (χ4n) is 3.46. The van der Waals surface area contributed by atoms with Gasteiger partial charge < -0.3 is 15.4 Å². The summed E-state index contributed by atoms with van der Waals surface area (Å²) in [4.78, 5) is 24.2. The number of ether oxygens (including phenoxy) is 1. The van der Waals surface area contributed by atoms with E-state index >= 15 is 0 Å². The minimum atomic E-state index is -2.92. The molecule has 0 unspecified atom stereocenters. The highest BCUT2D eigenvalue weighted by atomic mass is 19.3. The number of nitrogens with zero attached hydrogens (tertiary/aromatic N) is 4. The Morgan fingerprint density at radius 3 is 2.37 bits per heavy atom. The monoisotopic (exact) mass is 414 g/mol. The van der Waals surface area contributed by atoms with Gasteiger partial charge in [0.05, 0.1) is 24.3 Å². The number of anilines is 2. The van der Waals surface area contributed by atoms with Crippen molar-refractivity contribution in [3.63, 3.8) is 0 Å². The molecule has 0 spiro atoms. The van der Waals surface area contributed by atoms with Gasteiger partial charge in [0.1, 0.15) is 11.6 Å². The molecule has 156 valence electrons. The zero-order valence-electron chi connectivity index (χ0n) is 15.9. The molecule has 0 amide bonds. The molecule has 2 N–H and O–H groups in total. The molecule has 2 atom stereocenters. The molecule has 10 heteroatoms. The van der Waals surface area contributed by atoms with E-state index in [1.807, 2.05) is 12.1 Å². The molecule has 1 fully saturated rings. The van der Waals surface area contributed by atoms with Crippen LogP contribution in [0.5, 0.6) is 5.88 Å². The van der Waals surface area contributed by atoms with Crippen molar-refractivity contribution >= 4 is 11.6 Å². The Morgan fingerprint density at radius 1 is 0.967 bits per heavy atom. The number of aromatic nitrogens is 4. The Labute approximate surface area is 171 Å². The zero-order chi connectivity index (χ0) is 20.9. The lowest BCUT2D eigenvalue weighted by atomic mass is 10.2. The molecular weight excluding hydrogens is 394 g/mol. The summed E-state index contributed by atoms with van der Waals surface area (Å²) in [5.74, 6) is 1.04. The summed E-state index contributed by atoms with van der Waals surface area (Å²) < 4.78 is 30.1. The van der Waals surface area contributed by atoms with Crippen LogP contribution in [0.4, 0.5) is 20.4 Å². The van der Waals surface area contributed by atoms with Gasteiger partial charge in [-0.15, -0.1) is 0 Å². The minimum Gasteiger partial charge on any atom is -0.415 e. The average molecular weight is 414 g/mol. The largest absolute Gasteiger partial charge is 0.415 e. The van der Waals surface area contributed by atoms with Gasteiger partial charge in [0, 0.05) is 24.3 Å². The second-order valence-electron chi connectivity index (χ2n) is 6.92. The first-order valence-electron chi connectivity index (χ1n) is 9.51. The Balaban J connectivity index is 1.31. The summed E-state index contributed by atoms with van der Waals surface area (Å²) in [6.07, 6.45) is 8.62. The zero-order valence-corrected chi connectivity index (χ0v) is 15.9. The second kappa shape index (κ2) is 8.85. The first-order chi connectivity index (χ1) is 14.6. The number of halogens is 2. The van der Waals surface area contributed by atoms with Crippen molar-refractivity contribution < 1.29 is 13.5 Å². The van der Waals surface area contributed by atoms with Crippen molar-refractivity contribution in [2.45, 2.75) is 38.0 Å². The summed E-state index contributed by atoms with van der Waals surface area (Å²) in [6.45, 7) is -2.92. The number of hydrogen-bond acceptors (Lipinski definition) is 7. The SMILES string of the molecule is O=c1ccccn1-c1ccc(N[C@H]2CC[C@H](Nc3cnc(OC(F)F)cn3)C2)nc1. The highest BCUT2D eigenvalue weighted by Gasteiger charge is 2.25. The molecule has 0 radical (unpaired) electrons. The van der Waals surface area contributed by atoms with Crippen LogP contribution in [0.3, 0.4) is 0 Å². The molecule has 0 aliphatic heterocycles. The third-order valence-electron chi connectivity index (χ3n) is 4.82. The summed E-state index contributed by atoms with van der Waals surface area (Å²) in [6, 6.07) is 9.10. The van der Waals surface area contributed by atoms with E-state index in [1.54, 1.807) is 24.5 Å². The normalized spacial score (nSPS) is 18.4. The Morgan fingerprint density at radius 2 is 1.73 bits per heavy atom. The number of nitrogens with one attached hydrogen (secondary N) is 2. The molecule has 3 aromatic rings. The van der Waals surface area contributed by atoms with Crippen molar-refractivity contribution in [1.82, 2.24) is 19.5 Å². The van der Waals surface area contributed by atoms with Crippen LogP contribution in [-0.4, -0.2) is 38.2 Å². The van der Waals surface area contributed by atoms with Crippen LogP contribution >= 0.6 is 0 Å². The maximum absolute atomic E-state index is 12.2. The summed E-state index contributed by atoms with van der Waals surface area (Å²) in [5, 5.41) is 6.66. The standard InChI is InChI=1S/C20H20F2N6O2/c21-20(22)30-18-12-24-17(11-25-18)27-14-5-4-13(9-14)26-16-7-6-15(10-23-16)28-8-2-1-3-19(28)29/h1-3,6-8,10-14,20H,4-5,9H2,(H,23,26)(H,24,27)/t13-,14-/m0/s1. The molecule has 4 rings (SSSR count). The second-order valence-corrected chi connectivity index (χ2v) is 6.92. The third-order valence-corrected chi connectivity index (χ3v) is 4.82. The third kappa shape index (κ3) is 4.88. The van der Waals surface area contributed by atoms with E-state index in [1.165, 1.54) is 23.0 Å². The predicted octanol–water partition coefficient (Wildman–Crippen LogP) is 3.07. The lowest BCUT2D eigenvalue weighted by Crippen LogP contribution is -2.22. The van der Waals surface area contributed by atoms with Gasteiger partial charge in [-0.3, -0.25) is 9.36 Å². The molecule has 1 aliphatic rings. The van der Waals surface area contributed by atoms with E-state index in [0.29, 0.717) is 11.5 Å². The van der Waals surface area contributed by atoms with Gasteiger partial charge in [0.15, 0.2) is 0 Å². The number of rotatable bonds is 7.